The van der Waals surface area contributed by atoms with E-state index in [1.54, 1.807) is 7.05 Å². The Kier molecular flexibility index (Phi) is 4.65. The highest BCUT2D eigenvalue weighted by atomic mass is 32.1. The molecule has 1 aromatic carbocycles. The minimum Gasteiger partial charge on any atom is -0.507 e. The van der Waals surface area contributed by atoms with E-state index in [2.05, 4.69) is 4.98 Å². The fraction of sp³-hybridized carbons (Fsp3) is 0.333. The van der Waals surface area contributed by atoms with Crippen LogP contribution in [-0.4, -0.2) is 32.9 Å². The van der Waals surface area contributed by atoms with Gasteiger partial charge in [-0.05, 0) is 26.8 Å². The molecule has 1 heterocycles. The van der Waals surface area contributed by atoms with Crippen molar-refractivity contribution in [3.05, 3.63) is 49.5 Å². The minimum atomic E-state index is -0.621. The number of nitrogens with zero attached hydrogens (tertiary/aromatic N) is 3. The standard InChI is InChI=1S/C15H17N3O4S/c1-8-14(23-10(3)16-8)9(2)17(4)15(20)12-6-5-11(18(21)22)7-13(12)19/h5-7,9,19H,1-4H3. The van der Waals surface area contributed by atoms with Gasteiger partial charge in [-0.25, -0.2) is 4.98 Å². The Hall–Kier alpha value is -2.48. The number of hydrogen-bond acceptors (Lipinski definition) is 6. The van der Waals surface area contributed by atoms with E-state index in [-0.39, 0.29) is 17.3 Å². The Labute approximate surface area is 137 Å². The van der Waals surface area contributed by atoms with Gasteiger partial charge in [0, 0.05) is 18.0 Å². The van der Waals surface area contributed by atoms with Gasteiger partial charge < -0.3 is 10.0 Å². The van der Waals surface area contributed by atoms with Gasteiger partial charge in [0.1, 0.15) is 5.75 Å². The Morgan fingerprint density at radius 2 is 2.09 bits per heavy atom. The molecule has 2 aromatic rings. The molecular formula is C15H17N3O4S. The van der Waals surface area contributed by atoms with Crippen LogP contribution in [0.4, 0.5) is 5.69 Å². The smallest absolute Gasteiger partial charge is 0.273 e. The number of carbonyl (C=O) groups is 1. The molecule has 1 atom stereocenters. The van der Waals surface area contributed by atoms with E-state index in [1.165, 1.54) is 28.4 Å². The minimum absolute atomic E-state index is 0.0313. The van der Waals surface area contributed by atoms with Gasteiger partial charge in [-0.3, -0.25) is 14.9 Å². The molecule has 2 rings (SSSR count). The largest absolute Gasteiger partial charge is 0.507 e. The van der Waals surface area contributed by atoms with Crippen LogP contribution in [0.1, 0.15) is 38.9 Å². The highest BCUT2D eigenvalue weighted by Crippen LogP contribution is 2.31. The number of aryl methyl sites for hydroxylation is 2. The summed E-state index contributed by atoms with van der Waals surface area (Å²) in [4.78, 5) is 29.4. The second kappa shape index (κ2) is 6.33. The summed E-state index contributed by atoms with van der Waals surface area (Å²) in [6, 6.07) is 3.23. The van der Waals surface area contributed by atoms with Crippen LogP contribution in [0.5, 0.6) is 5.75 Å². The number of benzene rings is 1. The van der Waals surface area contributed by atoms with Gasteiger partial charge in [0.25, 0.3) is 11.6 Å². The first-order valence-electron chi connectivity index (χ1n) is 6.91. The lowest BCUT2D eigenvalue weighted by Gasteiger charge is -2.24. The summed E-state index contributed by atoms with van der Waals surface area (Å²) in [5.41, 5.74) is 0.639. The molecule has 0 saturated carbocycles. The molecule has 1 unspecified atom stereocenters. The fourth-order valence-electron chi connectivity index (χ4n) is 2.29. The number of phenols is 1. The molecule has 7 nitrogen and oxygen atoms in total. The molecule has 122 valence electrons. The van der Waals surface area contributed by atoms with Gasteiger partial charge in [0.2, 0.25) is 0 Å². The molecule has 0 radical (unpaired) electrons. The van der Waals surface area contributed by atoms with Crippen LogP contribution < -0.4 is 0 Å². The van der Waals surface area contributed by atoms with E-state index in [0.717, 1.165) is 21.6 Å². The highest BCUT2D eigenvalue weighted by molar-refractivity contribution is 7.11. The molecule has 1 aromatic heterocycles. The molecule has 0 aliphatic carbocycles. The Balaban J connectivity index is 2.29. The quantitative estimate of drug-likeness (QED) is 0.683. The zero-order valence-corrected chi connectivity index (χ0v) is 14.0. The molecule has 1 N–H and O–H groups in total. The van der Waals surface area contributed by atoms with Crippen LogP contribution in [0.15, 0.2) is 18.2 Å². The number of nitro groups is 1. The number of aromatic nitrogens is 1. The van der Waals surface area contributed by atoms with Gasteiger partial charge in [0.05, 0.1) is 33.3 Å². The number of carbonyl (C=O) groups excluding carboxylic acids is 1. The van der Waals surface area contributed by atoms with Crippen molar-refractivity contribution in [1.82, 2.24) is 9.88 Å². The lowest BCUT2D eigenvalue weighted by atomic mass is 10.1. The molecule has 0 saturated heterocycles. The first kappa shape index (κ1) is 16.9. The summed E-state index contributed by atoms with van der Waals surface area (Å²) < 4.78 is 0. The molecule has 0 bridgehead atoms. The van der Waals surface area contributed by atoms with Gasteiger partial charge in [0.15, 0.2) is 0 Å². The average molecular weight is 335 g/mol. The predicted octanol–water partition coefficient (Wildman–Crippen LogP) is 3.21. The van der Waals surface area contributed by atoms with Crippen LogP contribution >= 0.6 is 11.3 Å². The Morgan fingerprint density at radius 1 is 1.43 bits per heavy atom. The number of thiazole rings is 1. The van der Waals surface area contributed by atoms with Crippen molar-refractivity contribution < 1.29 is 14.8 Å². The lowest BCUT2D eigenvalue weighted by Crippen LogP contribution is -2.29. The molecule has 0 aliphatic rings. The third-order valence-electron chi connectivity index (χ3n) is 3.64. The van der Waals surface area contributed by atoms with E-state index < -0.39 is 16.6 Å². The fourth-order valence-corrected chi connectivity index (χ4v) is 3.31. The Bertz CT molecular complexity index is 772. The lowest BCUT2D eigenvalue weighted by molar-refractivity contribution is -0.384. The summed E-state index contributed by atoms with van der Waals surface area (Å²) >= 11 is 1.52. The van der Waals surface area contributed by atoms with Gasteiger partial charge in [-0.2, -0.15) is 0 Å². The maximum atomic E-state index is 12.6. The zero-order valence-electron chi connectivity index (χ0n) is 13.2. The van der Waals surface area contributed by atoms with Crippen molar-refractivity contribution in [2.24, 2.45) is 0 Å². The van der Waals surface area contributed by atoms with Crippen molar-refractivity contribution in [2.45, 2.75) is 26.8 Å². The molecular weight excluding hydrogens is 318 g/mol. The number of rotatable bonds is 4. The van der Waals surface area contributed by atoms with Crippen molar-refractivity contribution in [2.75, 3.05) is 7.05 Å². The van der Waals surface area contributed by atoms with Crippen LogP contribution in [0, 0.1) is 24.0 Å². The molecule has 0 spiro atoms. The number of amides is 1. The van der Waals surface area contributed by atoms with E-state index in [0.29, 0.717) is 0 Å². The first-order valence-corrected chi connectivity index (χ1v) is 7.72. The maximum Gasteiger partial charge on any atom is 0.273 e. The average Bonchev–Trinajstić information content (AvgIpc) is 2.83. The van der Waals surface area contributed by atoms with Crippen molar-refractivity contribution >= 4 is 22.9 Å². The van der Waals surface area contributed by atoms with E-state index in [4.69, 9.17) is 0 Å². The third-order valence-corrected chi connectivity index (χ3v) is 4.89. The number of hydrogen-bond donors (Lipinski definition) is 1. The summed E-state index contributed by atoms with van der Waals surface area (Å²) in [6.07, 6.45) is 0. The first-order chi connectivity index (χ1) is 10.7. The molecule has 0 fully saturated rings. The zero-order chi connectivity index (χ0) is 17.3. The maximum absolute atomic E-state index is 12.6. The van der Waals surface area contributed by atoms with Crippen LogP contribution in [0.2, 0.25) is 0 Å². The second-order valence-corrected chi connectivity index (χ2v) is 6.47. The summed E-state index contributed by atoms with van der Waals surface area (Å²) in [7, 11) is 1.63. The number of phenolic OH excluding ortho intramolecular Hbond substituents is 1. The topological polar surface area (TPSA) is 96.6 Å². The second-order valence-electron chi connectivity index (χ2n) is 5.23. The van der Waals surface area contributed by atoms with Crippen LogP contribution in [0.25, 0.3) is 0 Å². The normalized spacial score (nSPS) is 12.0. The van der Waals surface area contributed by atoms with Crippen LogP contribution in [0.3, 0.4) is 0 Å². The number of non-ortho nitro benzene ring substituents is 1. The predicted molar refractivity (Wildman–Crippen MR) is 86.9 cm³/mol. The van der Waals surface area contributed by atoms with Gasteiger partial charge in [-0.15, -0.1) is 11.3 Å². The summed E-state index contributed by atoms with van der Waals surface area (Å²) in [5.74, 6) is -0.809. The molecule has 1 amide bonds. The number of nitro benzene ring substituents is 1. The molecule has 0 aliphatic heterocycles. The van der Waals surface area contributed by atoms with Crippen molar-refractivity contribution in [3.8, 4) is 5.75 Å². The van der Waals surface area contributed by atoms with Crippen LogP contribution in [-0.2, 0) is 0 Å². The molecule has 23 heavy (non-hydrogen) atoms. The van der Waals surface area contributed by atoms with E-state index in [1.807, 2.05) is 20.8 Å². The van der Waals surface area contributed by atoms with Gasteiger partial charge in [-0.1, -0.05) is 0 Å². The van der Waals surface area contributed by atoms with Crippen molar-refractivity contribution in [1.29, 1.82) is 0 Å². The van der Waals surface area contributed by atoms with Crippen molar-refractivity contribution in [3.63, 3.8) is 0 Å². The monoisotopic (exact) mass is 335 g/mol. The van der Waals surface area contributed by atoms with E-state index in [9.17, 15) is 20.0 Å². The molecule has 8 heteroatoms. The summed E-state index contributed by atoms with van der Waals surface area (Å²) in [5, 5.41) is 21.5. The highest BCUT2D eigenvalue weighted by Gasteiger charge is 2.25. The van der Waals surface area contributed by atoms with E-state index >= 15 is 0 Å². The summed E-state index contributed by atoms with van der Waals surface area (Å²) in [6.45, 7) is 5.66. The number of aromatic hydroxyl groups is 1. The SMILES string of the molecule is Cc1nc(C)c(C(C)N(C)C(=O)c2ccc([N+](=O)[O-])cc2O)s1. The Morgan fingerprint density at radius 3 is 2.57 bits per heavy atom. The third kappa shape index (κ3) is 3.31. The van der Waals surface area contributed by atoms with Gasteiger partial charge >= 0.3 is 0 Å².